The minimum absolute atomic E-state index is 0.186. The molecule has 0 fully saturated rings. The number of methoxy groups -OCH3 is 1. The molecule has 1 heterocycles. The number of hydrogen-bond donors (Lipinski definition) is 1. The van der Waals surface area contributed by atoms with Crippen molar-refractivity contribution in [3.63, 3.8) is 0 Å². The van der Waals surface area contributed by atoms with Gasteiger partial charge in [0.25, 0.3) is 0 Å². The molecule has 1 aromatic heterocycles. The fourth-order valence-electron chi connectivity index (χ4n) is 1.82. The van der Waals surface area contributed by atoms with Crippen LogP contribution in [0.3, 0.4) is 0 Å². The van der Waals surface area contributed by atoms with Crippen molar-refractivity contribution < 1.29 is 4.74 Å². The zero-order valence-electron chi connectivity index (χ0n) is 9.74. The lowest BCUT2D eigenvalue weighted by atomic mass is 10.0. The maximum absolute atomic E-state index is 5.26. The van der Waals surface area contributed by atoms with Gasteiger partial charge in [-0.05, 0) is 51.6 Å². The molecule has 1 aromatic carbocycles. The SMILES string of the molecule is CNC(c1cccc(OC)c1)c1cscc1Br. The summed E-state index contributed by atoms with van der Waals surface area (Å²) in [6, 6.07) is 8.32. The van der Waals surface area contributed by atoms with E-state index < -0.39 is 0 Å². The molecule has 0 aliphatic rings. The summed E-state index contributed by atoms with van der Waals surface area (Å²) in [6.07, 6.45) is 0. The van der Waals surface area contributed by atoms with Crippen molar-refractivity contribution in [2.45, 2.75) is 6.04 Å². The molecule has 1 unspecified atom stereocenters. The summed E-state index contributed by atoms with van der Waals surface area (Å²) in [5, 5.41) is 7.59. The van der Waals surface area contributed by atoms with Gasteiger partial charge in [-0.15, -0.1) is 0 Å². The highest BCUT2D eigenvalue weighted by molar-refractivity contribution is 9.10. The number of hydrogen-bond acceptors (Lipinski definition) is 3. The predicted molar refractivity (Wildman–Crippen MR) is 75.9 cm³/mol. The minimum atomic E-state index is 0.186. The van der Waals surface area contributed by atoms with Crippen LogP contribution in [0.2, 0.25) is 0 Å². The van der Waals surface area contributed by atoms with Crippen molar-refractivity contribution in [3.8, 4) is 5.75 Å². The van der Waals surface area contributed by atoms with Crippen LogP contribution in [0.4, 0.5) is 0 Å². The van der Waals surface area contributed by atoms with E-state index in [1.807, 2.05) is 19.2 Å². The van der Waals surface area contributed by atoms with E-state index in [2.05, 4.69) is 44.1 Å². The number of halogens is 1. The van der Waals surface area contributed by atoms with Gasteiger partial charge in [0.05, 0.1) is 13.2 Å². The summed E-state index contributed by atoms with van der Waals surface area (Å²) < 4.78 is 6.40. The van der Waals surface area contributed by atoms with Crippen molar-refractivity contribution in [1.82, 2.24) is 5.32 Å². The van der Waals surface area contributed by atoms with Gasteiger partial charge in [-0.25, -0.2) is 0 Å². The fourth-order valence-corrected chi connectivity index (χ4v) is 3.37. The standard InChI is InChI=1S/C13H14BrNOS/c1-15-13(11-7-17-8-12(11)14)9-4-3-5-10(6-9)16-2/h3-8,13,15H,1-2H3. The van der Waals surface area contributed by atoms with Gasteiger partial charge in [0.2, 0.25) is 0 Å². The highest BCUT2D eigenvalue weighted by atomic mass is 79.9. The van der Waals surface area contributed by atoms with Crippen LogP contribution in [-0.2, 0) is 0 Å². The first kappa shape index (κ1) is 12.6. The molecule has 1 N–H and O–H groups in total. The molecular formula is C13H14BrNOS. The van der Waals surface area contributed by atoms with Crippen molar-refractivity contribution in [2.75, 3.05) is 14.2 Å². The van der Waals surface area contributed by atoms with Crippen LogP contribution in [0.5, 0.6) is 5.75 Å². The zero-order chi connectivity index (χ0) is 12.3. The molecule has 0 saturated heterocycles. The fraction of sp³-hybridized carbons (Fsp3) is 0.231. The lowest BCUT2D eigenvalue weighted by molar-refractivity contribution is 0.414. The van der Waals surface area contributed by atoms with Gasteiger partial charge in [0, 0.05) is 9.85 Å². The Morgan fingerprint density at radius 1 is 1.35 bits per heavy atom. The van der Waals surface area contributed by atoms with E-state index in [4.69, 9.17) is 4.74 Å². The summed E-state index contributed by atoms with van der Waals surface area (Å²) in [5.74, 6) is 0.883. The van der Waals surface area contributed by atoms with Crippen LogP contribution in [0.15, 0.2) is 39.5 Å². The second-order valence-corrected chi connectivity index (χ2v) is 5.27. The summed E-state index contributed by atoms with van der Waals surface area (Å²) in [4.78, 5) is 0. The molecule has 0 aliphatic carbocycles. The smallest absolute Gasteiger partial charge is 0.119 e. The maximum Gasteiger partial charge on any atom is 0.119 e. The van der Waals surface area contributed by atoms with Crippen LogP contribution < -0.4 is 10.1 Å². The maximum atomic E-state index is 5.26. The number of nitrogens with one attached hydrogen (secondary N) is 1. The van der Waals surface area contributed by atoms with Crippen molar-refractivity contribution in [3.05, 3.63) is 50.6 Å². The molecule has 2 nitrogen and oxygen atoms in total. The molecule has 2 rings (SSSR count). The Labute approximate surface area is 114 Å². The van der Waals surface area contributed by atoms with E-state index in [9.17, 15) is 0 Å². The third-order valence-electron chi connectivity index (χ3n) is 2.67. The van der Waals surface area contributed by atoms with Crippen LogP contribution >= 0.6 is 27.3 Å². The van der Waals surface area contributed by atoms with Gasteiger partial charge in [-0.3, -0.25) is 0 Å². The molecule has 0 bridgehead atoms. The van der Waals surface area contributed by atoms with Gasteiger partial charge in [-0.2, -0.15) is 11.3 Å². The molecule has 4 heteroatoms. The number of thiophene rings is 1. The highest BCUT2D eigenvalue weighted by Gasteiger charge is 2.15. The van der Waals surface area contributed by atoms with Crippen molar-refractivity contribution in [1.29, 1.82) is 0 Å². The first-order valence-electron chi connectivity index (χ1n) is 5.29. The van der Waals surface area contributed by atoms with Gasteiger partial charge < -0.3 is 10.1 Å². The number of rotatable bonds is 4. The molecule has 0 saturated carbocycles. The van der Waals surface area contributed by atoms with Gasteiger partial charge >= 0.3 is 0 Å². The lowest BCUT2D eigenvalue weighted by Crippen LogP contribution is -2.17. The Balaban J connectivity index is 2.38. The second kappa shape index (κ2) is 5.67. The zero-order valence-corrected chi connectivity index (χ0v) is 12.1. The molecule has 17 heavy (non-hydrogen) atoms. The molecule has 0 radical (unpaired) electrons. The Morgan fingerprint density at radius 3 is 2.76 bits per heavy atom. The molecule has 1 atom stereocenters. The Bertz CT molecular complexity index is 498. The first-order chi connectivity index (χ1) is 8.26. The predicted octanol–water partition coefficient (Wildman–Crippen LogP) is 3.83. The monoisotopic (exact) mass is 311 g/mol. The minimum Gasteiger partial charge on any atom is -0.497 e. The van der Waals surface area contributed by atoms with E-state index in [0.717, 1.165) is 10.2 Å². The normalized spacial score (nSPS) is 12.4. The van der Waals surface area contributed by atoms with E-state index in [-0.39, 0.29) is 6.04 Å². The summed E-state index contributed by atoms with van der Waals surface area (Å²) in [7, 11) is 3.66. The number of ether oxygens (including phenoxy) is 1. The summed E-state index contributed by atoms with van der Waals surface area (Å²) in [6.45, 7) is 0. The van der Waals surface area contributed by atoms with Gasteiger partial charge in [0.1, 0.15) is 5.75 Å². The topological polar surface area (TPSA) is 21.3 Å². The van der Waals surface area contributed by atoms with E-state index in [0.29, 0.717) is 0 Å². The second-order valence-electron chi connectivity index (χ2n) is 3.67. The quantitative estimate of drug-likeness (QED) is 0.926. The van der Waals surface area contributed by atoms with Gasteiger partial charge in [-0.1, -0.05) is 12.1 Å². The number of benzene rings is 1. The molecule has 0 spiro atoms. The molecule has 90 valence electrons. The average Bonchev–Trinajstić information content (AvgIpc) is 2.77. The molecule has 0 amide bonds. The Kier molecular flexibility index (Phi) is 4.20. The largest absolute Gasteiger partial charge is 0.497 e. The third kappa shape index (κ3) is 2.70. The molecule has 0 aliphatic heterocycles. The van der Waals surface area contributed by atoms with Crippen LogP contribution in [0, 0.1) is 0 Å². The Hall–Kier alpha value is -0.840. The molecule has 2 aromatic rings. The average molecular weight is 312 g/mol. The third-order valence-corrected chi connectivity index (χ3v) is 4.42. The van der Waals surface area contributed by atoms with Crippen LogP contribution in [-0.4, -0.2) is 14.2 Å². The van der Waals surface area contributed by atoms with Crippen molar-refractivity contribution in [2.24, 2.45) is 0 Å². The van der Waals surface area contributed by atoms with Crippen LogP contribution in [0.25, 0.3) is 0 Å². The first-order valence-corrected chi connectivity index (χ1v) is 7.02. The van der Waals surface area contributed by atoms with E-state index >= 15 is 0 Å². The van der Waals surface area contributed by atoms with E-state index in [1.54, 1.807) is 18.4 Å². The molecular weight excluding hydrogens is 298 g/mol. The Morgan fingerprint density at radius 2 is 2.18 bits per heavy atom. The summed E-state index contributed by atoms with van der Waals surface area (Å²) >= 11 is 5.28. The van der Waals surface area contributed by atoms with Crippen LogP contribution in [0.1, 0.15) is 17.2 Å². The van der Waals surface area contributed by atoms with E-state index in [1.165, 1.54) is 11.1 Å². The van der Waals surface area contributed by atoms with Gasteiger partial charge in [0.15, 0.2) is 0 Å². The summed E-state index contributed by atoms with van der Waals surface area (Å²) in [5.41, 5.74) is 2.46. The van der Waals surface area contributed by atoms with Crippen molar-refractivity contribution >= 4 is 27.3 Å². The highest BCUT2D eigenvalue weighted by Crippen LogP contribution is 2.32. The lowest BCUT2D eigenvalue weighted by Gasteiger charge is -2.17.